The molecule has 1 amide bonds. The largest absolute Gasteiger partial charge is 0.326 e. The van der Waals surface area contributed by atoms with Gasteiger partial charge in [-0.1, -0.05) is 12.8 Å². The lowest BCUT2D eigenvalue weighted by Gasteiger charge is -2.10. The molecule has 8 heteroatoms. The molecule has 0 unspecified atom stereocenters. The molecule has 1 N–H and O–H groups in total. The summed E-state index contributed by atoms with van der Waals surface area (Å²) in [5.41, 5.74) is 0.601. The van der Waals surface area contributed by atoms with E-state index in [1.54, 1.807) is 12.1 Å². The molecule has 2 aliphatic carbocycles. The number of hydrogen-bond acceptors (Lipinski definition) is 5. The van der Waals surface area contributed by atoms with Crippen LogP contribution >= 0.6 is 0 Å². The predicted molar refractivity (Wildman–Crippen MR) is 96.2 cm³/mol. The summed E-state index contributed by atoms with van der Waals surface area (Å²) in [5.74, 6) is 1.34. The van der Waals surface area contributed by atoms with E-state index in [2.05, 4.69) is 15.4 Å². The van der Waals surface area contributed by atoms with Gasteiger partial charge in [-0.15, -0.1) is 9.19 Å². The molecule has 138 valence electrons. The van der Waals surface area contributed by atoms with Crippen LogP contribution in [-0.4, -0.2) is 28.5 Å². The quantitative estimate of drug-likeness (QED) is 0.839. The molecule has 4 rings (SSSR count). The van der Waals surface area contributed by atoms with Crippen LogP contribution in [0.4, 0.5) is 5.69 Å². The SMILES string of the molecule is O=C(CC1CCCC1)Nc1ccc(S(=O)(=O)n2cnc(C3CC3)n2)cc1. The molecule has 1 aromatic heterocycles. The van der Waals surface area contributed by atoms with Crippen molar-refractivity contribution in [3.63, 3.8) is 0 Å². The number of hydrogen-bond donors (Lipinski definition) is 1. The van der Waals surface area contributed by atoms with E-state index in [9.17, 15) is 13.2 Å². The lowest BCUT2D eigenvalue weighted by atomic mass is 10.0. The first kappa shape index (κ1) is 17.2. The zero-order valence-electron chi connectivity index (χ0n) is 14.5. The second-order valence-corrected chi connectivity index (χ2v) is 8.98. The fraction of sp³-hybridized carbons (Fsp3) is 0.500. The van der Waals surface area contributed by atoms with Crippen LogP contribution in [0, 0.1) is 5.92 Å². The summed E-state index contributed by atoms with van der Waals surface area (Å²) in [6, 6.07) is 6.19. The normalized spacial score (nSPS) is 18.2. The van der Waals surface area contributed by atoms with Crippen LogP contribution in [0.1, 0.15) is 56.7 Å². The molecule has 0 atom stereocenters. The fourth-order valence-corrected chi connectivity index (χ4v) is 4.47. The van der Waals surface area contributed by atoms with Crippen molar-refractivity contribution >= 4 is 21.6 Å². The molecule has 0 saturated heterocycles. The molecule has 2 saturated carbocycles. The molecule has 1 aromatic carbocycles. The molecule has 1 heterocycles. The number of nitrogens with zero attached hydrogens (tertiary/aromatic N) is 3. The van der Waals surface area contributed by atoms with E-state index >= 15 is 0 Å². The van der Waals surface area contributed by atoms with Crippen LogP contribution in [0.15, 0.2) is 35.5 Å². The Labute approximate surface area is 152 Å². The first-order chi connectivity index (χ1) is 12.5. The number of amides is 1. The molecule has 0 spiro atoms. The number of carbonyl (C=O) groups is 1. The molecule has 7 nitrogen and oxygen atoms in total. The molecule has 2 aliphatic rings. The maximum atomic E-state index is 12.6. The van der Waals surface area contributed by atoms with Gasteiger partial charge < -0.3 is 5.32 Å². The van der Waals surface area contributed by atoms with Gasteiger partial charge in [-0.05, 0) is 55.9 Å². The van der Waals surface area contributed by atoms with Gasteiger partial charge in [0.1, 0.15) is 6.33 Å². The molecular weight excluding hydrogens is 352 g/mol. The number of nitrogens with one attached hydrogen (secondary N) is 1. The minimum atomic E-state index is -3.76. The van der Waals surface area contributed by atoms with Gasteiger partial charge in [0.2, 0.25) is 5.91 Å². The lowest BCUT2D eigenvalue weighted by Crippen LogP contribution is -2.16. The summed E-state index contributed by atoms with van der Waals surface area (Å²) in [7, 11) is -3.76. The average Bonchev–Trinajstić information content (AvgIpc) is 3.12. The first-order valence-corrected chi connectivity index (χ1v) is 10.5. The number of anilines is 1. The zero-order chi connectivity index (χ0) is 18.1. The molecule has 0 bridgehead atoms. The Balaban J connectivity index is 1.43. The lowest BCUT2D eigenvalue weighted by molar-refractivity contribution is -0.117. The Kier molecular flexibility index (Phi) is 4.52. The Hall–Kier alpha value is -2.22. The smallest absolute Gasteiger partial charge is 0.284 e. The van der Waals surface area contributed by atoms with Crippen LogP contribution in [0.2, 0.25) is 0 Å². The summed E-state index contributed by atoms with van der Waals surface area (Å²) < 4.78 is 26.2. The standard InChI is InChI=1S/C18H22N4O3S/c23-17(11-13-3-1-2-4-13)20-15-7-9-16(10-8-15)26(24,25)22-12-19-18(21-22)14-5-6-14/h7-10,12-14H,1-6,11H2,(H,20,23). The van der Waals surface area contributed by atoms with Gasteiger partial charge in [0.15, 0.2) is 5.82 Å². The van der Waals surface area contributed by atoms with Crippen molar-refractivity contribution in [1.82, 2.24) is 14.2 Å². The van der Waals surface area contributed by atoms with E-state index in [0.29, 0.717) is 29.8 Å². The number of benzene rings is 1. The minimum absolute atomic E-state index is 0.0159. The van der Waals surface area contributed by atoms with Gasteiger partial charge in [-0.2, -0.15) is 8.42 Å². The molecular formula is C18H22N4O3S. The average molecular weight is 374 g/mol. The van der Waals surface area contributed by atoms with Gasteiger partial charge >= 0.3 is 0 Å². The Morgan fingerprint density at radius 1 is 1.12 bits per heavy atom. The van der Waals surface area contributed by atoms with Crippen LogP contribution in [0.5, 0.6) is 0 Å². The third-order valence-corrected chi connectivity index (χ3v) is 6.60. The van der Waals surface area contributed by atoms with Crippen molar-refractivity contribution in [3.8, 4) is 0 Å². The monoisotopic (exact) mass is 374 g/mol. The van der Waals surface area contributed by atoms with Crippen LogP contribution in [-0.2, 0) is 14.8 Å². The van der Waals surface area contributed by atoms with Gasteiger partial charge in [0.25, 0.3) is 10.0 Å². The van der Waals surface area contributed by atoms with Crippen molar-refractivity contribution in [3.05, 3.63) is 36.4 Å². The summed E-state index contributed by atoms with van der Waals surface area (Å²) >= 11 is 0. The Morgan fingerprint density at radius 3 is 2.46 bits per heavy atom. The molecule has 2 aromatic rings. The third-order valence-electron chi connectivity index (χ3n) is 5.06. The highest BCUT2D eigenvalue weighted by Crippen LogP contribution is 2.37. The van der Waals surface area contributed by atoms with Crippen LogP contribution in [0.25, 0.3) is 0 Å². The molecule has 2 fully saturated rings. The van der Waals surface area contributed by atoms with E-state index < -0.39 is 10.0 Å². The van der Waals surface area contributed by atoms with Crippen molar-refractivity contribution in [2.24, 2.45) is 5.92 Å². The van der Waals surface area contributed by atoms with E-state index in [4.69, 9.17) is 0 Å². The topological polar surface area (TPSA) is 94.0 Å². The van der Waals surface area contributed by atoms with Gasteiger partial charge in [-0.25, -0.2) is 4.98 Å². The summed E-state index contributed by atoms with van der Waals surface area (Å²) in [5, 5.41) is 6.94. The minimum Gasteiger partial charge on any atom is -0.326 e. The summed E-state index contributed by atoms with van der Waals surface area (Å²) in [4.78, 5) is 16.3. The van der Waals surface area contributed by atoms with Crippen molar-refractivity contribution in [1.29, 1.82) is 0 Å². The fourth-order valence-electron chi connectivity index (χ4n) is 3.41. The van der Waals surface area contributed by atoms with E-state index in [1.165, 1.54) is 31.3 Å². The summed E-state index contributed by atoms with van der Waals surface area (Å²) in [6.45, 7) is 0. The summed E-state index contributed by atoms with van der Waals surface area (Å²) in [6.07, 6.45) is 8.45. The van der Waals surface area contributed by atoms with Gasteiger partial charge in [0.05, 0.1) is 4.90 Å². The van der Waals surface area contributed by atoms with Gasteiger partial charge in [0, 0.05) is 18.0 Å². The van der Waals surface area contributed by atoms with Crippen molar-refractivity contribution < 1.29 is 13.2 Å². The second kappa shape index (κ2) is 6.83. The first-order valence-electron chi connectivity index (χ1n) is 9.09. The van der Waals surface area contributed by atoms with E-state index in [1.807, 2.05) is 0 Å². The Bertz CT molecular complexity index is 895. The predicted octanol–water partition coefficient (Wildman–Crippen LogP) is 2.91. The maximum Gasteiger partial charge on any atom is 0.284 e. The Morgan fingerprint density at radius 2 is 1.81 bits per heavy atom. The third kappa shape index (κ3) is 3.65. The van der Waals surface area contributed by atoms with E-state index in [-0.39, 0.29) is 10.8 Å². The zero-order valence-corrected chi connectivity index (χ0v) is 15.3. The second-order valence-electron chi connectivity index (χ2n) is 7.18. The van der Waals surface area contributed by atoms with Crippen LogP contribution < -0.4 is 5.32 Å². The highest BCUT2D eigenvalue weighted by atomic mass is 32.2. The molecule has 0 radical (unpaired) electrons. The van der Waals surface area contributed by atoms with Crippen molar-refractivity contribution in [2.75, 3.05) is 5.32 Å². The highest BCUT2D eigenvalue weighted by molar-refractivity contribution is 7.89. The van der Waals surface area contributed by atoms with Crippen LogP contribution in [0.3, 0.4) is 0 Å². The number of aromatic nitrogens is 3. The van der Waals surface area contributed by atoms with Gasteiger partial charge in [-0.3, -0.25) is 4.79 Å². The highest BCUT2D eigenvalue weighted by Gasteiger charge is 2.29. The number of rotatable bonds is 6. The maximum absolute atomic E-state index is 12.6. The van der Waals surface area contributed by atoms with Crippen molar-refractivity contribution in [2.45, 2.75) is 55.8 Å². The number of carbonyl (C=O) groups excluding carboxylic acids is 1. The molecule has 26 heavy (non-hydrogen) atoms. The van der Waals surface area contributed by atoms with E-state index in [0.717, 1.165) is 29.8 Å². The molecule has 0 aliphatic heterocycles.